The van der Waals surface area contributed by atoms with Gasteiger partial charge in [0.25, 0.3) is 5.91 Å². The minimum atomic E-state index is -0.417. The highest BCUT2D eigenvalue weighted by molar-refractivity contribution is 6.11. The highest BCUT2D eigenvalue weighted by Crippen LogP contribution is 2.30. The molecule has 0 N–H and O–H groups in total. The molecule has 0 saturated heterocycles. The van der Waals surface area contributed by atoms with E-state index in [0.29, 0.717) is 5.69 Å². The standard InChI is InChI=1S/C23H17N3O/c1-15-11-16(2)26(25-15)23(27)19(14-24)13-22-20-9-5-3-7-17(20)12-18-8-4-6-10-21(18)22/h3-13H,1-2H3/b19-13+. The number of nitrogens with zero attached hydrogens (tertiary/aromatic N) is 3. The largest absolute Gasteiger partial charge is 0.289 e. The van der Waals surface area contributed by atoms with E-state index in [2.05, 4.69) is 17.2 Å². The zero-order valence-corrected chi connectivity index (χ0v) is 15.1. The van der Waals surface area contributed by atoms with Crippen LogP contribution in [0.2, 0.25) is 0 Å². The molecule has 0 unspecified atom stereocenters. The van der Waals surface area contributed by atoms with E-state index in [4.69, 9.17) is 0 Å². The lowest BCUT2D eigenvalue weighted by Gasteiger charge is -2.09. The second-order valence-corrected chi connectivity index (χ2v) is 6.55. The van der Waals surface area contributed by atoms with E-state index >= 15 is 0 Å². The zero-order chi connectivity index (χ0) is 19.0. The second kappa shape index (κ2) is 6.54. The van der Waals surface area contributed by atoms with Crippen molar-refractivity contribution >= 4 is 33.5 Å². The first-order valence-corrected chi connectivity index (χ1v) is 8.69. The van der Waals surface area contributed by atoms with E-state index in [1.54, 1.807) is 13.0 Å². The number of aryl methyl sites for hydroxylation is 2. The molecule has 0 aliphatic heterocycles. The van der Waals surface area contributed by atoms with Gasteiger partial charge in [-0.3, -0.25) is 4.79 Å². The lowest BCUT2D eigenvalue weighted by atomic mass is 9.95. The first-order valence-electron chi connectivity index (χ1n) is 8.69. The Morgan fingerprint density at radius 1 is 1.00 bits per heavy atom. The van der Waals surface area contributed by atoms with Crippen LogP contribution in [0.25, 0.3) is 27.6 Å². The van der Waals surface area contributed by atoms with Gasteiger partial charge in [-0.1, -0.05) is 48.5 Å². The van der Waals surface area contributed by atoms with Crippen molar-refractivity contribution in [2.45, 2.75) is 13.8 Å². The van der Waals surface area contributed by atoms with Gasteiger partial charge in [0, 0.05) is 5.69 Å². The van der Waals surface area contributed by atoms with E-state index in [1.165, 1.54) is 4.68 Å². The summed E-state index contributed by atoms with van der Waals surface area (Å²) in [4.78, 5) is 12.9. The summed E-state index contributed by atoms with van der Waals surface area (Å²) < 4.78 is 1.29. The number of rotatable bonds is 2. The number of carbonyl (C=O) groups is 1. The van der Waals surface area contributed by atoms with Gasteiger partial charge in [0.15, 0.2) is 0 Å². The van der Waals surface area contributed by atoms with Crippen molar-refractivity contribution in [1.29, 1.82) is 5.26 Å². The molecular formula is C23H17N3O. The molecule has 0 saturated carbocycles. The fraction of sp³-hybridized carbons (Fsp3) is 0.0870. The molecule has 3 aromatic carbocycles. The van der Waals surface area contributed by atoms with Crippen LogP contribution in [0.5, 0.6) is 0 Å². The number of allylic oxidation sites excluding steroid dienone is 1. The van der Waals surface area contributed by atoms with Gasteiger partial charge >= 0.3 is 0 Å². The summed E-state index contributed by atoms with van der Waals surface area (Å²) in [5.41, 5.74) is 2.38. The van der Waals surface area contributed by atoms with Gasteiger partial charge in [0.1, 0.15) is 11.6 Å². The van der Waals surface area contributed by atoms with Crippen LogP contribution in [-0.2, 0) is 0 Å². The highest BCUT2D eigenvalue weighted by Gasteiger charge is 2.17. The number of hydrogen-bond donors (Lipinski definition) is 0. The third kappa shape index (κ3) is 2.90. The minimum absolute atomic E-state index is 0.0581. The molecule has 4 rings (SSSR count). The average Bonchev–Trinajstić information content (AvgIpc) is 3.02. The van der Waals surface area contributed by atoms with Crippen LogP contribution in [0.4, 0.5) is 0 Å². The zero-order valence-electron chi connectivity index (χ0n) is 15.1. The van der Waals surface area contributed by atoms with E-state index in [-0.39, 0.29) is 5.57 Å². The summed E-state index contributed by atoms with van der Waals surface area (Å²) in [6.07, 6.45) is 1.68. The Balaban J connectivity index is 1.98. The lowest BCUT2D eigenvalue weighted by Crippen LogP contribution is -2.15. The summed E-state index contributed by atoms with van der Waals surface area (Å²) in [5.74, 6) is -0.417. The van der Waals surface area contributed by atoms with Gasteiger partial charge in [0.05, 0.1) is 5.69 Å². The van der Waals surface area contributed by atoms with Gasteiger partial charge in [-0.2, -0.15) is 10.4 Å². The van der Waals surface area contributed by atoms with E-state index in [9.17, 15) is 10.1 Å². The Bertz CT molecular complexity index is 1220. The molecule has 0 atom stereocenters. The molecule has 0 spiro atoms. The summed E-state index contributed by atoms with van der Waals surface area (Å²) >= 11 is 0. The lowest BCUT2D eigenvalue weighted by molar-refractivity contribution is 0.0944. The molecule has 0 radical (unpaired) electrons. The Kier molecular flexibility index (Phi) is 4.06. The summed E-state index contributed by atoms with van der Waals surface area (Å²) in [6.45, 7) is 3.63. The van der Waals surface area contributed by atoms with Gasteiger partial charge in [0.2, 0.25) is 0 Å². The Labute approximate surface area is 157 Å². The third-order valence-electron chi connectivity index (χ3n) is 4.65. The van der Waals surface area contributed by atoms with Crippen molar-refractivity contribution in [2.75, 3.05) is 0 Å². The molecule has 4 nitrogen and oxygen atoms in total. The van der Waals surface area contributed by atoms with Crippen LogP contribution in [0, 0.1) is 25.2 Å². The number of fused-ring (bicyclic) bond motifs is 2. The van der Waals surface area contributed by atoms with Gasteiger partial charge in [-0.25, -0.2) is 4.68 Å². The van der Waals surface area contributed by atoms with Crippen molar-refractivity contribution < 1.29 is 4.79 Å². The SMILES string of the molecule is Cc1cc(C)n(C(=O)/C(C#N)=C/c2c3ccccc3cc3ccccc23)n1. The molecule has 0 bridgehead atoms. The number of nitriles is 1. The highest BCUT2D eigenvalue weighted by atomic mass is 16.2. The van der Waals surface area contributed by atoms with Crippen molar-refractivity contribution in [3.63, 3.8) is 0 Å². The van der Waals surface area contributed by atoms with Crippen molar-refractivity contribution in [3.05, 3.63) is 83.2 Å². The quantitative estimate of drug-likeness (QED) is 0.288. The Morgan fingerprint density at radius 2 is 1.59 bits per heavy atom. The normalized spacial score (nSPS) is 11.7. The summed E-state index contributed by atoms with van der Waals surface area (Å²) in [7, 11) is 0. The number of aromatic nitrogens is 2. The van der Waals surface area contributed by atoms with Gasteiger partial charge in [-0.05, 0) is 59.2 Å². The molecule has 1 aromatic heterocycles. The monoisotopic (exact) mass is 351 g/mol. The van der Waals surface area contributed by atoms with Crippen LogP contribution in [0.1, 0.15) is 21.7 Å². The van der Waals surface area contributed by atoms with Crippen LogP contribution in [-0.4, -0.2) is 15.7 Å². The maximum atomic E-state index is 12.9. The molecule has 27 heavy (non-hydrogen) atoms. The molecule has 0 aliphatic rings. The molecule has 130 valence electrons. The van der Waals surface area contributed by atoms with Crippen LogP contribution in [0.15, 0.2) is 66.2 Å². The molecule has 4 aromatic rings. The van der Waals surface area contributed by atoms with Crippen molar-refractivity contribution in [1.82, 2.24) is 9.78 Å². The number of hydrogen-bond acceptors (Lipinski definition) is 3. The molecule has 0 fully saturated rings. The van der Waals surface area contributed by atoms with Crippen LogP contribution < -0.4 is 0 Å². The van der Waals surface area contributed by atoms with Gasteiger partial charge < -0.3 is 0 Å². The maximum Gasteiger partial charge on any atom is 0.289 e. The number of carbonyl (C=O) groups excluding carboxylic acids is 1. The summed E-state index contributed by atoms with van der Waals surface area (Å²) in [6, 6.07) is 22.0. The molecule has 1 heterocycles. The van der Waals surface area contributed by atoms with E-state index in [0.717, 1.165) is 32.8 Å². The van der Waals surface area contributed by atoms with Crippen LogP contribution >= 0.6 is 0 Å². The van der Waals surface area contributed by atoms with Gasteiger partial charge in [-0.15, -0.1) is 0 Å². The minimum Gasteiger partial charge on any atom is -0.266 e. The molecule has 0 aliphatic carbocycles. The molecule has 0 amide bonds. The van der Waals surface area contributed by atoms with Crippen molar-refractivity contribution in [2.24, 2.45) is 0 Å². The predicted molar refractivity (Wildman–Crippen MR) is 107 cm³/mol. The topological polar surface area (TPSA) is 58.7 Å². The van der Waals surface area contributed by atoms with Crippen molar-refractivity contribution in [3.8, 4) is 6.07 Å². The van der Waals surface area contributed by atoms with E-state index < -0.39 is 5.91 Å². The maximum absolute atomic E-state index is 12.9. The fourth-order valence-corrected chi connectivity index (χ4v) is 3.44. The predicted octanol–water partition coefficient (Wildman–Crippen LogP) is 5.05. The Hall–Kier alpha value is -3.71. The first-order chi connectivity index (χ1) is 13.1. The Morgan fingerprint density at radius 3 is 2.11 bits per heavy atom. The molecular weight excluding hydrogens is 334 g/mol. The average molecular weight is 351 g/mol. The van der Waals surface area contributed by atoms with Crippen LogP contribution in [0.3, 0.4) is 0 Å². The number of benzene rings is 3. The summed E-state index contributed by atoms with van der Waals surface area (Å²) in [5, 5.41) is 18.0. The smallest absolute Gasteiger partial charge is 0.266 e. The third-order valence-corrected chi connectivity index (χ3v) is 4.65. The van der Waals surface area contributed by atoms with E-state index in [1.807, 2.05) is 61.5 Å². The second-order valence-electron chi connectivity index (χ2n) is 6.55. The fourth-order valence-electron chi connectivity index (χ4n) is 3.44. The molecule has 4 heteroatoms. The first kappa shape index (κ1) is 16.7.